The predicted octanol–water partition coefficient (Wildman–Crippen LogP) is 2.50. The Labute approximate surface area is 179 Å². The van der Waals surface area contributed by atoms with Crippen molar-refractivity contribution in [3.8, 4) is 17.2 Å². The van der Waals surface area contributed by atoms with Crippen LogP contribution < -0.4 is 24.8 Å². The number of carbonyl (C=O) groups excluding carboxylic acids is 2. The van der Waals surface area contributed by atoms with Crippen LogP contribution >= 0.6 is 0 Å². The van der Waals surface area contributed by atoms with E-state index in [1.54, 1.807) is 49.4 Å². The van der Waals surface area contributed by atoms with Crippen LogP contribution in [-0.2, 0) is 11.3 Å². The number of anilines is 2. The molecular weight excluding hydrogens is 402 g/mol. The van der Waals surface area contributed by atoms with E-state index in [-0.39, 0.29) is 18.1 Å². The number of ether oxygens (including phenoxy) is 3. The van der Waals surface area contributed by atoms with Gasteiger partial charge >= 0.3 is 0 Å². The lowest BCUT2D eigenvalue weighted by atomic mass is 10.2. The van der Waals surface area contributed by atoms with Gasteiger partial charge in [-0.3, -0.25) is 9.59 Å². The summed E-state index contributed by atoms with van der Waals surface area (Å²) in [4.78, 5) is 25.2. The fourth-order valence-corrected chi connectivity index (χ4v) is 2.89. The molecule has 0 aliphatic heterocycles. The highest BCUT2D eigenvalue weighted by molar-refractivity contribution is 6.04. The third kappa shape index (κ3) is 4.92. The minimum Gasteiger partial charge on any atom is -0.497 e. The number of benzene rings is 2. The number of rotatable bonds is 8. The van der Waals surface area contributed by atoms with Crippen LogP contribution in [-0.4, -0.2) is 48.1 Å². The van der Waals surface area contributed by atoms with Crippen molar-refractivity contribution in [1.29, 1.82) is 0 Å². The van der Waals surface area contributed by atoms with Crippen LogP contribution in [0.15, 0.2) is 42.5 Å². The lowest BCUT2D eigenvalue weighted by molar-refractivity contribution is -0.117. The molecule has 1 heterocycles. The second kappa shape index (κ2) is 9.61. The second-order valence-corrected chi connectivity index (χ2v) is 6.45. The van der Waals surface area contributed by atoms with Gasteiger partial charge in [0.1, 0.15) is 23.8 Å². The summed E-state index contributed by atoms with van der Waals surface area (Å²) in [6, 6.07) is 12.1. The third-order valence-corrected chi connectivity index (χ3v) is 4.53. The molecule has 1 aromatic heterocycles. The molecule has 0 unspecified atom stereocenters. The van der Waals surface area contributed by atoms with E-state index in [2.05, 4.69) is 20.9 Å². The van der Waals surface area contributed by atoms with Crippen molar-refractivity contribution >= 4 is 23.2 Å². The largest absolute Gasteiger partial charge is 0.497 e. The van der Waals surface area contributed by atoms with E-state index in [1.165, 1.54) is 26.0 Å². The predicted molar refractivity (Wildman–Crippen MR) is 114 cm³/mol. The molecule has 10 heteroatoms. The topological polar surface area (TPSA) is 117 Å². The van der Waals surface area contributed by atoms with Gasteiger partial charge in [-0.25, -0.2) is 4.68 Å². The van der Waals surface area contributed by atoms with Gasteiger partial charge < -0.3 is 24.8 Å². The Hall–Kier alpha value is -4.08. The van der Waals surface area contributed by atoms with Crippen LogP contribution in [0.4, 0.5) is 11.4 Å². The number of amides is 2. The summed E-state index contributed by atoms with van der Waals surface area (Å²) in [5, 5.41) is 13.4. The van der Waals surface area contributed by atoms with Crippen molar-refractivity contribution < 1.29 is 23.8 Å². The van der Waals surface area contributed by atoms with Crippen LogP contribution in [0.5, 0.6) is 17.2 Å². The first-order valence-electron chi connectivity index (χ1n) is 9.33. The van der Waals surface area contributed by atoms with Gasteiger partial charge in [0.05, 0.1) is 38.4 Å². The van der Waals surface area contributed by atoms with E-state index >= 15 is 0 Å². The molecule has 31 heavy (non-hydrogen) atoms. The summed E-state index contributed by atoms with van der Waals surface area (Å²) >= 11 is 0. The van der Waals surface area contributed by atoms with Gasteiger partial charge in [-0.05, 0) is 31.2 Å². The molecule has 10 nitrogen and oxygen atoms in total. The SMILES string of the molecule is COc1ccc(OC)c(NC(=O)Cn2nnc(C(=O)Nc3ccccc3OC)c2C)c1. The van der Waals surface area contributed by atoms with Crippen molar-refractivity contribution in [3.63, 3.8) is 0 Å². The molecule has 0 fully saturated rings. The molecule has 0 saturated heterocycles. The Morgan fingerprint density at radius 1 is 0.935 bits per heavy atom. The van der Waals surface area contributed by atoms with Gasteiger partial charge in [-0.15, -0.1) is 5.10 Å². The number of methoxy groups -OCH3 is 3. The van der Waals surface area contributed by atoms with Gasteiger partial charge in [-0.2, -0.15) is 0 Å². The van der Waals surface area contributed by atoms with E-state index in [9.17, 15) is 9.59 Å². The van der Waals surface area contributed by atoms with Gasteiger partial charge in [0.25, 0.3) is 5.91 Å². The van der Waals surface area contributed by atoms with Crippen molar-refractivity contribution in [3.05, 3.63) is 53.9 Å². The Balaban J connectivity index is 1.72. The Kier molecular flexibility index (Phi) is 6.71. The molecular formula is C21H23N5O5. The number of para-hydroxylation sites is 2. The smallest absolute Gasteiger partial charge is 0.278 e. The van der Waals surface area contributed by atoms with E-state index in [0.717, 1.165) is 0 Å². The average molecular weight is 425 g/mol. The van der Waals surface area contributed by atoms with E-state index in [1.807, 2.05) is 0 Å². The summed E-state index contributed by atoms with van der Waals surface area (Å²) in [5.74, 6) is 0.761. The van der Waals surface area contributed by atoms with Crippen molar-refractivity contribution in [2.75, 3.05) is 32.0 Å². The number of nitrogens with zero attached hydrogens (tertiary/aromatic N) is 3. The third-order valence-electron chi connectivity index (χ3n) is 4.53. The lowest BCUT2D eigenvalue weighted by Gasteiger charge is -2.12. The van der Waals surface area contributed by atoms with Crippen LogP contribution in [0, 0.1) is 6.92 Å². The molecule has 2 aromatic carbocycles. The zero-order chi connectivity index (χ0) is 22.4. The summed E-state index contributed by atoms with van der Waals surface area (Å²) in [6.45, 7) is 1.53. The van der Waals surface area contributed by atoms with Gasteiger partial charge in [0.2, 0.25) is 5.91 Å². The number of hydrogen-bond acceptors (Lipinski definition) is 7. The number of hydrogen-bond donors (Lipinski definition) is 2. The minimum absolute atomic E-state index is 0.109. The molecule has 0 bridgehead atoms. The number of nitrogens with one attached hydrogen (secondary N) is 2. The number of aromatic nitrogens is 3. The van der Waals surface area contributed by atoms with Gasteiger partial charge in [0, 0.05) is 6.07 Å². The fraction of sp³-hybridized carbons (Fsp3) is 0.238. The van der Waals surface area contributed by atoms with Crippen molar-refractivity contribution in [2.24, 2.45) is 0 Å². The van der Waals surface area contributed by atoms with Crippen LogP contribution in [0.25, 0.3) is 0 Å². The molecule has 0 aliphatic rings. The summed E-state index contributed by atoms with van der Waals surface area (Å²) < 4.78 is 17.0. The van der Waals surface area contributed by atoms with E-state index < -0.39 is 5.91 Å². The molecule has 0 aliphatic carbocycles. The average Bonchev–Trinajstić information content (AvgIpc) is 3.14. The molecule has 3 aromatic rings. The van der Waals surface area contributed by atoms with E-state index in [0.29, 0.717) is 34.3 Å². The Morgan fingerprint density at radius 2 is 1.65 bits per heavy atom. The first kappa shape index (κ1) is 21.6. The van der Waals surface area contributed by atoms with Crippen LogP contribution in [0.3, 0.4) is 0 Å². The van der Waals surface area contributed by atoms with Crippen molar-refractivity contribution in [2.45, 2.75) is 13.5 Å². The lowest BCUT2D eigenvalue weighted by Crippen LogP contribution is -2.21. The molecule has 0 spiro atoms. The first-order chi connectivity index (χ1) is 15.0. The zero-order valence-corrected chi connectivity index (χ0v) is 17.6. The highest BCUT2D eigenvalue weighted by Gasteiger charge is 2.19. The molecule has 2 N–H and O–H groups in total. The molecule has 0 radical (unpaired) electrons. The maximum atomic E-state index is 12.6. The Bertz CT molecular complexity index is 1100. The quantitative estimate of drug-likeness (QED) is 0.569. The molecule has 3 rings (SSSR count). The second-order valence-electron chi connectivity index (χ2n) is 6.45. The summed E-state index contributed by atoms with van der Waals surface area (Å²) in [7, 11) is 4.55. The molecule has 2 amide bonds. The fourth-order valence-electron chi connectivity index (χ4n) is 2.89. The highest BCUT2D eigenvalue weighted by atomic mass is 16.5. The molecule has 162 valence electrons. The number of carbonyl (C=O) groups is 2. The highest BCUT2D eigenvalue weighted by Crippen LogP contribution is 2.29. The van der Waals surface area contributed by atoms with Gasteiger partial charge in [-0.1, -0.05) is 17.3 Å². The van der Waals surface area contributed by atoms with E-state index in [4.69, 9.17) is 14.2 Å². The van der Waals surface area contributed by atoms with Crippen LogP contribution in [0.2, 0.25) is 0 Å². The normalized spacial score (nSPS) is 10.3. The van der Waals surface area contributed by atoms with Crippen LogP contribution in [0.1, 0.15) is 16.2 Å². The van der Waals surface area contributed by atoms with Crippen molar-refractivity contribution in [1.82, 2.24) is 15.0 Å². The Morgan fingerprint density at radius 3 is 2.35 bits per heavy atom. The first-order valence-corrected chi connectivity index (χ1v) is 9.33. The molecule has 0 atom stereocenters. The maximum absolute atomic E-state index is 12.6. The monoisotopic (exact) mass is 425 g/mol. The standard InChI is InChI=1S/C21H23N5O5/c1-13-20(21(28)23-15-7-5-6-8-17(15)30-3)24-25-26(13)12-19(27)22-16-11-14(29-2)9-10-18(16)31-4/h5-11H,12H2,1-4H3,(H,22,27)(H,23,28). The zero-order valence-electron chi connectivity index (χ0n) is 17.6. The minimum atomic E-state index is -0.455. The molecule has 0 saturated carbocycles. The maximum Gasteiger partial charge on any atom is 0.278 e. The van der Waals surface area contributed by atoms with Gasteiger partial charge in [0.15, 0.2) is 5.69 Å². The summed E-state index contributed by atoms with van der Waals surface area (Å²) in [6.07, 6.45) is 0. The summed E-state index contributed by atoms with van der Waals surface area (Å²) in [5.41, 5.74) is 1.52.